The van der Waals surface area contributed by atoms with Gasteiger partial charge in [0.15, 0.2) is 5.11 Å². The van der Waals surface area contributed by atoms with Crippen LogP contribution >= 0.6 is 12.2 Å². The molecule has 0 heterocycles. The Morgan fingerprint density at radius 3 is 2.30 bits per heavy atom. The molecule has 2 aromatic rings. The topological polar surface area (TPSA) is 24.1 Å². The maximum Gasteiger partial charge on any atom is 0.171 e. The van der Waals surface area contributed by atoms with Crippen molar-refractivity contribution in [2.45, 2.75) is 26.3 Å². The first-order chi connectivity index (χ1) is 9.69. The molecule has 0 aromatic heterocycles. The largest absolute Gasteiger partial charge is 0.356 e. The van der Waals surface area contributed by atoms with Gasteiger partial charge >= 0.3 is 0 Å². The molecule has 0 saturated carbocycles. The van der Waals surface area contributed by atoms with E-state index in [1.807, 2.05) is 18.2 Å². The summed E-state index contributed by atoms with van der Waals surface area (Å²) in [5, 5.41) is 7.25. The molecule has 0 aliphatic rings. The maximum atomic E-state index is 5.39. The van der Waals surface area contributed by atoms with Gasteiger partial charge in [0.05, 0.1) is 6.04 Å². The van der Waals surface area contributed by atoms with Crippen molar-refractivity contribution in [1.82, 2.24) is 5.32 Å². The highest BCUT2D eigenvalue weighted by Gasteiger charge is 2.09. The third-order valence-electron chi connectivity index (χ3n) is 3.22. The van der Waals surface area contributed by atoms with E-state index in [4.69, 9.17) is 12.2 Å². The average molecular weight is 284 g/mol. The fraction of sp³-hybridized carbons (Fsp3) is 0.235. The number of rotatable bonds is 4. The third-order valence-corrected chi connectivity index (χ3v) is 3.44. The molecule has 3 heteroatoms. The Morgan fingerprint density at radius 1 is 1.05 bits per heavy atom. The lowest BCUT2D eigenvalue weighted by Gasteiger charge is -2.20. The summed E-state index contributed by atoms with van der Waals surface area (Å²) < 4.78 is 0. The van der Waals surface area contributed by atoms with Gasteiger partial charge in [-0.3, -0.25) is 0 Å². The fourth-order valence-electron chi connectivity index (χ4n) is 2.07. The van der Waals surface area contributed by atoms with Crippen LogP contribution in [0.1, 0.15) is 30.5 Å². The Bertz CT molecular complexity index is 549. The van der Waals surface area contributed by atoms with Crippen LogP contribution in [0.25, 0.3) is 0 Å². The molecule has 0 amide bonds. The number of aryl methyl sites for hydroxylation is 1. The van der Waals surface area contributed by atoms with E-state index in [1.165, 1.54) is 11.1 Å². The van der Waals surface area contributed by atoms with E-state index >= 15 is 0 Å². The van der Waals surface area contributed by atoms with Crippen molar-refractivity contribution in [2.75, 3.05) is 5.32 Å². The number of hydrogen-bond acceptors (Lipinski definition) is 1. The van der Waals surface area contributed by atoms with Crippen LogP contribution in [-0.2, 0) is 0 Å². The van der Waals surface area contributed by atoms with Crippen molar-refractivity contribution in [3.63, 3.8) is 0 Å². The molecule has 0 aliphatic heterocycles. The predicted molar refractivity (Wildman–Crippen MR) is 90.0 cm³/mol. The van der Waals surface area contributed by atoms with Crippen molar-refractivity contribution >= 4 is 23.0 Å². The monoisotopic (exact) mass is 284 g/mol. The molecule has 0 fully saturated rings. The maximum absolute atomic E-state index is 5.39. The summed E-state index contributed by atoms with van der Waals surface area (Å²) in [6.07, 6.45) is 0.986. The molecule has 20 heavy (non-hydrogen) atoms. The van der Waals surface area contributed by atoms with Crippen LogP contribution in [0.3, 0.4) is 0 Å². The van der Waals surface area contributed by atoms with Crippen LogP contribution in [0.4, 0.5) is 5.69 Å². The van der Waals surface area contributed by atoms with Crippen LogP contribution in [0, 0.1) is 6.92 Å². The molecule has 2 rings (SSSR count). The first-order valence-corrected chi connectivity index (χ1v) is 7.29. The zero-order chi connectivity index (χ0) is 14.4. The van der Waals surface area contributed by atoms with Crippen molar-refractivity contribution < 1.29 is 0 Å². The number of thiocarbonyl (C=S) groups is 1. The zero-order valence-electron chi connectivity index (χ0n) is 11.9. The van der Waals surface area contributed by atoms with E-state index in [0.717, 1.165) is 12.1 Å². The van der Waals surface area contributed by atoms with Gasteiger partial charge in [-0.2, -0.15) is 0 Å². The van der Waals surface area contributed by atoms with Gasteiger partial charge in [0.2, 0.25) is 0 Å². The zero-order valence-corrected chi connectivity index (χ0v) is 12.7. The minimum absolute atomic E-state index is 0.238. The normalized spacial score (nSPS) is 11.7. The van der Waals surface area contributed by atoms with Crippen molar-refractivity contribution in [3.8, 4) is 0 Å². The van der Waals surface area contributed by atoms with Crippen LogP contribution in [0.15, 0.2) is 54.6 Å². The van der Waals surface area contributed by atoms with Gasteiger partial charge in [-0.1, -0.05) is 55.0 Å². The lowest BCUT2D eigenvalue weighted by molar-refractivity contribution is 0.629. The Morgan fingerprint density at radius 2 is 1.70 bits per heavy atom. The average Bonchev–Trinajstić information content (AvgIpc) is 2.48. The van der Waals surface area contributed by atoms with Gasteiger partial charge in [-0.15, -0.1) is 0 Å². The standard InChI is InChI=1S/C17H20N2S/c1-3-16(14-7-5-4-6-8-14)19-17(20)18-15-11-9-13(2)10-12-15/h4-12,16H,3H2,1-2H3,(H2,18,19,20). The Labute approximate surface area is 126 Å². The third kappa shape index (κ3) is 4.07. The van der Waals surface area contributed by atoms with E-state index < -0.39 is 0 Å². The quantitative estimate of drug-likeness (QED) is 0.812. The first-order valence-electron chi connectivity index (χ1n) is 6.88. The summed E-state index contributed by atoms with van der Waals surface area (Å²) >= 11 is 5.39. The SMILES string of the molecule is CCC(NC(=S)Nc1ccc(C)cc1)c1ccccc1. The van der Waals surface area contributed by atoms with Crippen molar-refractivity contribution in [3.05, 3.63) is 65.7 Å². The highest BCUT2D eigenvalue weighted by Crippen LogP contribution is 2.16. The lowest BCUT2D eigenvalue weighted by Crippen LogP contribution is -2.32. The minimum atomic E-state index is 0.238. The number of nitrogens with one attached hydrogen (secondary N) is 2. The van der Waals surface area contributed by atoms with Crippen molar-refractivity contribution in [1.29, 1.82) is 0 Å². The van der Waals surface area contributed by atoms with E-state index in [1.54, 1.807) is 0 Å². The van der Waals surface area contributed by atoms with Crippen LogP contribution in [0.5, 0.6) is 0 Å². The van der Waals surface area contributed by atoms with Gasteiger partial charge in [-0.25, -0.2) is 0 Å². The van der Waals surface area contributed by atoms with Crippen LogP contribution in [0.2, 0.25) is 0 Å². The summed E-state index contributed by atoms with van der Waals surface area (Å²) in [7, 11) is 0. The molecule has 104 valence electrons. The second kappa shape index (κ2) is 7.06. The Kier molecular flexibility index (Phi) is 5.13. The summed E-state index contributed by atoms with van der Waals surface area (Å²) in [4.78, 5) is 0. The molecular formula is C17H20N2S. The summed E-state index contributed by atoms with van der Waals surface area (Å²) in [6.45, 7) is 4.22. The Balaban J connectivity index is 1.97. The lowest BCUT2D eigenvalue weighted by atomic mass is 10.1. The van der Waals surface area contributed by atoms with Gasteiger partial charge in [0.1, 0.15) is 0 Å². The van der Waals surface area contributed by atoms with E-state index in [0.29, 0.717) is 5.11 Å². The van der Waals surface area contributed by atoms with E-state index in [2.05, 4.69) is 60.9 Å². The smallest absolute Gasteiger partial charge is 0.171 e. The molecule has 1 unspecified atom stereocenters. The molecule has 0 radical (unpaired) electrons. The van der Waals surface area contributed by atoms with Crippen LogP contribution in [-0.4, -0.2) is 5.11 Å². The second-order valence-corrected chi connectivity index (χ2v) is 5.24. The molecule has 1 atom stereocenters. The van der Waals surface area contributed by atoms with E-state index in [-0.39, 0.29) is 6.04 Å². The highest BCUT2D eigenvalue weighted by atomic mass is 32.1. The molecule has 2 nitrogen and oxygen atoms in total. The number of hydrogen-bond donors (Lipinski definition) is 2. The molecule has 0 bridgehead atoms. The van der Waals surface area contributed by atoms with Gasteiger partial charge in [0, 0.05) is 5.69 Å². The molecule has 0 saturated heterocycles. The Hall–Kier alpha value is -1.87. The molecule has 2 aromatic carbocycles. The predicted octanol–water partition coefficient (Wildman–Crippen LogP) is 4.43. The highest BCUT2D eigenvalue weighted by molar-refractivity contribution is 7.80. The van der Waals surface area contributed by atoms with Gasteiger partial charge in [-0.05, 0) is 43.3 Å². The molecular weight excluding hydrogens is 264 g/mol. The second-order valence-electron chi connectivity index (χ2n) is 4.84. The van der Waals surface area contributed by atoms with Crippen molar-refractivity contribution in [2.24, 2.45) is 0 Å². The number of benzene rings is 2. The molecule has 2 N–H and O–H groups in total. The summed E-state index contributed by atoms with van der Waals surface area (Å²) in [6, 6.07) is 18.8. The minimum Gasteiger partial charge on any atom is -0.356 e. The van der Waals surface area contributed by atoms with Crippen LogP contribution < -0.4 is 10.6 Å². The van der Waals surface area contributed by atoms with E-state index in [9.17, 15) is 0 Å². The molecule has 0 spiro atoms. The number of anilines is 1. The van der Waals surface area contributed by atoms with Gasteiger partial charge < -0.3 is 10.6 Å². The summed E-state index contributed by atoms with van der Waals surface area (Å²) in [5.74, 6) is 0. The molecule has 0 aliphatic carbocycles. The fourth-order valence-corrected chi connectivity index (χ4v) is 2.33. The van der Waals surface area contributed by atoms with Gasteiger partial charge in [0.25, 0.3) is 0 Å². The first kappa shape index (κ1) is 14.5. The summed E-state index contributed by atoms with van der Waals surface area (Å²) in [5.41, 5.74) is 3.50.